The molecule has 20 heavy (non-hydrogen) atoms. The first-order valence-electron chi connectivity index (χ1n) is 7.57. The monoisotopic (exact) mass is 271 g/mol. The van der Waals surface area contributed by atoms with Crippen molar-refractivity contribution < 1.29 is 9.21 Å². The molecule has 0 atom stereocenters. The van der Waals surface area contributed by atoms with Crippen LogP contribution in [-0.2, 0) is 11.2 Å². The van der Waals surface area contributed by atoms with E-state index in [4.69, 9.17) is 4.42 Å². The number of hydrogen-bond acceptors (Lipinski definition) is 2. The van der Waals surface area contributed by atoms with Crippen molar-refractivity contribution in [2.45, 2.75) is 51.0 Å². The van der Waals surface area contributed by atoms with Gasteiger partial charge in [-0.1, -0.05) is 43.9 Å². The summed E-state index contributed by atoms with van der Waals surface area (Å²) >= 11 is 0. The summed E-state index contributed by atoms with van der Waals surface area (Å²) in [6, 6.07) is 8.23. The van der Waals surface area contributed by atoms with Crippen LogP contribution in [0, 0.1) is 0 Å². The van der Waals surface area contributed by atoms with Crippen molar-refractivity contribution >= 4 is 16.9 Å². The van der Waals surface area contributed by atoms with Crippen LogP contribution in [0.25, 0.3) is 11.0 Å². The normalized spacial score (nSPS) is 17.0. The maximum Gasteiger partial charge on any atom is 0.224 e. The second-order valence-electron chi connectivity index (χ2n) is 5.69. The number of carbonyl (C=O) groups is 1. The summed E-state index contributed by atoms with van der Waals surface area (Å²) in [4.78, 5) is 12.2. The Bertz CT molecular complexity index is 579. The molecule has 0 radical (unpaired) electrons. The van der Waals surface area contributed by atoms with Gasteiger partial charge in [-0.15, -0.1) is 0 Å². The highest BCUT2D eigenvalue weighted by atomic mass is 16.3. The SMILES string of the molecule is O=C(Cc1coc2ccccc12)NC1CCCCCC1. The Hall–Kier alpha value is -1.77. The van der Waals surface area contributed by atoms with Gasteiger partial charge in [0.2, 0.25) is 5.91 Å². The van der Waals surface area contributed by atoms with Gasteiger partial charge in [-0.05, 0) is 18.9 Å². The molecule has 1 aromatic heterocycles. The molecule has 3 heteroatoms. The van der Waals surface area contributed by atoms with Crippen LogP contribution < -0.4 is 5.32 Å². The van der Waals surface area contributed by atoms with Crippen molar-refractivity contribution in [2.75, 3.05) is 0 Å². The third-order valence-corrected chi connectivity index (χ3v) is 4.13. The van der Waals surface area contributed by atoms with Gasteiger partial charge in [0, 0.05) is 17.0 Å². The summed E-state index contributed by atoms with van der Waals surface area (Å²) in [5.41, 5.74) is 1.83. The van der Waals surface area contributed by atoms with Crippen LogP contribution in [0.5, 0.6) is 0 Å². The third-order valence-electron chi connectivity index (χ3n) is 4.13. The molecule has 1 heterocycles. The van der Waals surface area contributed by atoms with Crippen molar-refractivity contribution in [3.8, 4) is 0 Å². The van der Waals surface area contributed by atoms with E-state index < -0.39 is 0 Å². The molecule has 1 N–H and O–H groups in total. The Morgan fingerprint density at radius 3 is 2.70 bits per heavy atom. The molecule has 1 fully saturated rings. The fourth-order valence-electron chi connectivity index (χ4n) is 3.05. The lowest BCUT2D eigenvalue weighted by atomic mass is 10.1. The van der Waals surface area contributed by atoms with Crippen molar-refractivity contribution in [1.29, 1.82) is 0 Å². The van der Waals surface area contributed by atoms with Gasteiger partial charge in [0.1, 0.15) is 5.58 Å². The molecule has 0 unspecified atom stereocenters. The van der Waals surface area contributed by atoms with E-state index in [0.29, 0.717) is 12.5 Å². The van der Waals surface area contributed by atoms with E-state index in [0.717, 1.165) is 29.4 Å². The zero-order chi connectivity index (χ0) is 13.8. The molecule has 3 rings (SSSR count). The first kappa shape index (κ1) is 13.2. The Morgan fingerprint density at radius 1 is 1.15 bits per heavy atom. The van der Waals surface area contributed by atoms with E-state index in [1.807, 2.05) is 24.3 Å². The number of benzene rings is 1. The summed E-state index contributed by atoms with van der Waals surface area (Å²) in [5, 5.41) is 4.23. The van der Waals surface area contributed by atoms with E-state index in [2.05, 4.69) is 5.32 Å². The largest absolute Gasteiger partial charge is 0.464 e. The average Bonchev–Trinajstić information content (AvgIpc) is 2.68. The molecular formula is C17H21NO2. The highest BCUT2D eigenvalue weighted by Gasteiger charge is 2.16. The number of amides is 1. The molecule has 3 nitrogen and oxygen atoms in total. The highest BCUT2D eigenvalue weighted by Crippen LogP contribution is 2.21. The first-order chi connectivity index (χ1) is 9.83. The van der Waals surface area contributed by atoms with Gasteiger partial charge in [-0.3, -0.25) is 4.79 Å². The van der Waals surface area contributed by atoms with Gasteiger partial charge in [0.05, 0.1) is 12.7 Å². The molecule has 0 saturated heterocycles. The van der Waals surface area contributed by atoms with Gasteiger partial charge in [-0.2, -0.15) is 0 Å². The number of furan rings is 1. The predicted molar refractivity (Wildman–Crippen MR) is 79.6 cm³/mol. The van der Waals surface area contributed by atoms with E-state index in [1.54, 1.807) is 6.26 Å². The number of nitrogens with one attached hydrogen (secondary N) is 1. The lowest BCUT2D eigenvalue weighted by molar-refractivity contribution is -0.121. The Morgan fingerprint density at radius 2 is 1.90 bits per heavy atom. The van der Waals surface area contributed by atoms with E-state index in [-0.39, 0.29) is 5.91 Å². The number of para-hydroxylation sites is 1. The Labute approximate surface area is 119 Å². The second-order valence-corrected chi connectivity index (χ2v) is 5.69. The quantitative estimate of drug-likeness (QED) is 0.862. The molecule has 0 aliphatic heterocycles. The molecule has 1 aliphatic carbocycles. The van der Waals surface area contributed by atoms with Crippen molar-refractivity contribution in [1.82, 2.24) is 5.32 Å². The zero-order valence-corrected chi connectivity index (χ0v) is 11.7. The maximum absolute atomic E-state index is 12.2. The standard InChI is InChI=1S/C17H21NO2/c19-17(18-14-7-3-1-2-4-8-14)11-13-12-20-16-10-6-5-9-15(13)16/h5-6,9-10,12,14H,1-4,7-8,11H2,(H,18,19). The number of rotatable bonds is 3. The number of fused-ring (bicyclic) bond motifs is 1. The van der Waals surface area contributed by atoms with Crippen LogP contribution in [0.1, 0.15) is 44.1 Å². The van der Waals surface area contributed by atoms with Crippen molar-refractivity contribution in [3.05, 3.63) is 36.1 Å². The van der Waals surface area contributed by atoms with Crippen LogP contribution in [0.3, 0.4) is 0 Å². The summed E-state index contributed by atoms with van der Waals surface area (Å²) in [6.45, 7) is 0. The molecule has 106 valence electrons. The predicted octanol–water partition coefficient (Wildman–Crippen LogP) is 3.81. The second kappa shape index (κ2) is 6.12. The van der Waals surface area contributed by atoms with Gasteiger partial charge in [0.25, 0.3) is 0 Å². The molecule has 1 aliphatic rings. The minimum absolute atomic E-state index is 0.114. The molecule has 1 amide bonds. The average molecular weight is 271 g/mol. The van der Waals surface area contributed by atoms with Gasteiger partial charge < -0.3 is 9.73 Å². The van der Waals surface area contributed by atoms with Crippen molar-refractivity contribution in [3.63, 3.8) is 0 Å². The number of hydrogen-bond donors (Lipinski definition) is 1. The van der Waals surface area contributed by atoms with Gasteiger partial charge in [0.15, 0.2) is 0 Å². The summed E-state index contributed by atoms with van der Waals surface area (Å²) in [5.74, 6) is 0.114. The molecular weight excluding hydrogens is 250 g/mol. The smallest absolute Gasteiger partial charge is 0.224 e. The maximum atomic E-state index is 12.2. The lowest BCUT2D eigenvalue weighted by Crippen LogP contribution is -2.35. The Kier molecular flexibility index (Phi) is 4.05. The summed E-state index contributed by atoms with van der Waals surface area (Å²) < 4.78 is 5.48. The first-order valence-corrected chi connectivity index (χ1v) is 7.57. The van der Waals surface area contributed by atoms with Crippen LogP contribution in [0.2, 0.25) is 0 Å². The highest BCUT2D eigenvalue weighted by molar-refractivity contribution is 5.87. The van der Waals surface area contributed by atoms with Gasteiger partial charge in [-0.25, -0.2) is 0 Å². The van der Waals surface area contributed by atoms with Crippen LogP contribution in [-0.4, -0.2) is 11.9 Å². The fourth-order valence-corrected chi connectivity index (χ4v) is 3.05. The Balaban J connectivity index is 1.63. The minimum Gasteiger partial charge on any atom is -0.464 e. The summed E-state index contributed by atoms with van der Waals surface area (Å²) in [7, 11) is 0. The third kappa shape index (κ3) is 3.03. The van der Waals surface area contributed by atoms with E-state index in [1.165, 1.54) is 25.7 Å². The van der Waals surface area contributed by atoms with Crippen LogP contribution in [0.4, 0.5) is 0 Å². The molecule has 0 spiro atoms. The lowest BCUT2D eigenvalue weighted by Gasteiger charge is -2.15. The molecule has 0 bridgehead atoms. The zero-order valence-electron chi connectivity index (χ0n) is 11.7. The van der Waals surface area contributed by atoms with Crippen molar-refractivity contribution in [2.24, 2.45) is 0 Å². The topological polar surface area (TPSA) is 42.2 Å². The van der Waals surface area contributed by atoms with Crippen LogP contribution in [0.15, 0.2) is 34.9 Å². The minimum atomic E-state index is 0.114. The van der Waals surface area contributed by atoms with E-state index >= 15 is 0 Å². The molecule has 2 aromatic rings. The fraction of sp³-hybridized carbons (Fsp3) is 0.471. The van der Waals surface area contributed by atoms with Gasteiger partial charge >= 0.3 is 0 Å². The summed E-state index contributed by atoms with van der Waals surface area (Å²) in [6.07, 6.45) is 9.44. The molecule has 1 aromatic carbocycles. The molecule has 1 saturated carbocycles. The van der Waals surface area contributed by atoms with E-state index in [9.17, 15) is 4.79 Å². The van der Waals surface area contributed by atoms with Crippen LogP contribution >= 0.6 is 0 Å². The number of carbonyl (C=O) groups excluding carboxylic acids is 1.